The van der Waals surface area contributed by atoms with E-state index in [9.17, 15) is 8.78 Å². The minimum absolute atomic E-state index is 0. The van der Waals surface area contributed by atoms with E-state index in [4.69, 9.17) is 4.74 Å². The third-order valence-electron chi connectivity index (χ3n) is 6.07. The first-order chi connectivity index (χ1) is 15.6. The zero-order chi connectivity index (χ0) is 22.3. The summed E-state index contributed by atoms with van der Waals surface area (Å²) < 4.78 is 32.8. The molecule has 0 saturated carbocycles. The molecule has 4 rings (SSSR count). The van der Waals surface area contributed by atoms with E-state index in [1.54, 1.807) is 7.05 Å². The Bertz CT molecular complexity index is 939. The molecule has 1 unspecified atom stereocenters. The predicted molar refractivity (Wildman–Crippen MR) is 138 cm³/mol. The molecule has 6 nitrogen and oxygen atoms in total. The Morgan fingerprint density at radius 3 is 2.58 bits per heavy atom. The first-order valence-corrected chi connectivity index (χ1v) is 11.2. The van der Waals surface area contributed by atoms with Gasteiger partial charge in [-0.3, -0.25) is 9.89 Å². The molecule has 2 N–H and O–H groups in total. The normalized spacial score (nSPS) is 19.3. The molecule has 2 aromatic rings. The Labute approximate surface area is 211 Å². The van der Waals surface area contributed by atoms with E-state index in [1.165, 1.54) is 23.3 Å². The van der Waals surface area contributed by atoms with Gasteiger partial charge in [0.05, 0.1) is 18.9 Å². The van der Waals surface area contributed by atoms with Gasteiger partial charge in [0, 0.05) is 58.4 Å². The van der Waals surface area contributed by atoms with Gasteiger partial charge in [0.25, 0.3) is 0 Å². The number of benzene rings is 2. The molecule has 2 aromatic carbocycles. The van der Waals surface area contributed by atoms with Crippen LogP contribution < -0.4 is 15.5 Å². The fraction of sp³-hybridized carbons (Fsp3) is 0.458. The molecule has 0 amide bonds. The molecular weight excluding hydrogens is 539 g/mol. The highest BCUT2D eigenvalue weighted by Gasteiger charge is 2.25. The number of hydrogen-bond acceptors (Lipinski definition) is 4. The monoisotopic (exact) mass is 571 g/mol. The van der Waals surface area contributed by atoms with Crippen molar-refractivity contribution in [1.29, 1.82) is 0 Å². The number of nitrogens with one attached hydrogen (secondary N) is 2. The van der Waals surface area contributed by atoms with Gasteiger partial charge in [-0.1, -0.05) is 24.3 Å². The molecule has 2 aliphatic heterocycles. The first kappa shape index (κ1) is 25.6. The summed E-state index contributed by atoms with van der Waals surface area (Å²) in [5, 5.41) is 6.86. The van der Waals surface area contributed by atoms with Gasteiger partial charge < -0.3 is 20.3 Å². The minimum Gasteiger partial charge on any atom is -0.379 e. The van der Waals surface area contributed by atoms with Crippen molar-refractivity contribution in [1.82, 2.24) is 15.5 Å². The molecular formula is C24H32F2IN5O. The van der Waals surface area contributed by atoms with E-state index < -0.39 is 11.6 Å². The maximum atomic E-state index is 14.1. The summed E-state index contributed by atoms with van der Waals surface area (Å²) in [6.07, 6.45) is 0.852. The van der Waals surface area contributed by atoms with Crippen molar-refractivity contribution in [2.75, 3.05) is 51.3 Å². The molecule has 2 aliphatic rings. The van der Waals surface area contributed by atoms with E-state index in [1.807, 2.05) is 4.90 Å². The van der Waals surface area contributed by atoms with Crippen LogP contribution >= 0.6 is 24.0 Å². The third kappa shape index (κ3) is 7.00. The molecule has 0 radical (unpaired) electrons. The lowest BCUT2D eigenvalue weighted by Crippen LogP contribution is -2.44. The number of morpholine rings is 1. The highest BCUT2D eigenvalue weighted by molar-refractivity contribution is 14.0. The summed E-state index contributed by atoms with van der Waals surface area (Å²) in [4.78, 5) is 8.72. The zero-order valence-electron chi connectivity index (χ0n) is 18.9. The van der Waals surface area contributed by atoms with Gasteiger partial charge in [0.2, 0.25) is 0 Å². The minimum atomic E-state index is -0.557. The fourth-order valence-corrected chi connectivity index (χ4v) is 4.29. The molecule has 0 aliphatic carbocycles. The lowest BCUT2D eigenvalue weighted by atomic mass is 10.1. The van der Waals surface area contributed by atoms with Crippen LogP contribution in [0.1, 0.15) is 17.5 Å². The summed E-state index contributed by atoms with van der Waals surface area (Å²) in [6, 6.07) is 12.3. The Hall–Kier alpha value is -1.98. The molecule has 0 aromatic heterocycles. The van der Waals surface area contributed by atoms with Crippen LogP contribution in [0.4, 0.5) is 14.5 Å². The summed E-state index contributed by atoms with van der Waals surface area (Å²) in [5.41, 5.74) is 2.98. The van der Waals surface area contributed by atoms with Gasteiger partial charge in [-0.2, -0.15) is 0 Å². The Morgan fingerprint density at radius 2 is 1.85 bits per heavy atom. The number of hydrogen-bond donors (Lipinski definition) is 2. The maximum absolute atomic E-state index is 14.1. The zero-order valence-corrected chi connectivity index (χ0v) is 21.2. The molecule has 2 heterocycles. The van der Waals surface area contributed by atoms with Crippen molar-refractivity contribution in [3.63, 3.8) is 0 Å². The Morgan fingerprint density at radius 1 is 1.09 bits per heavy atom. The van der Waals surface area contributed by atoms with Gasteiger partial charge in [-0.15, -0.1) is 24.0 Å². The lowest BCUT2D eigenvalue weighted by molar-refractivity contribution is 0.0341. The summed E-state index contributed by atoms with van der Waals surface area (Å²) in [6.45, 7) is 6.41. The molecule has 0 bridgehead atoms. The topological polar surface area (TPSA) is 52.1 Å². The number of rotatable bonds is 6. The molecule has 33 heavy (non-hydrogen) atoms. The average Bonchev–Trinajstić information content (AvgIpc) is 3.26. The molecule has 9 heteroatoms. The summed E-state index contributed by atoms with van der Waals surface area (Å²) >= 11 is 0. The number of halogens is 3. The molecule has 180 valence electrons. The summed E-state index contributed by atoms with van der Waals surface area (Å²) in [7, 11) is 1.75. The van der Waals surface area contributed by atoms with Crippen LogP contribution in [0.15, 0.2) is 47.5 Å². The predicted octanol–water partition coefficient (Wildman–Crippen LogP) is 3.36. The van der Waals surface area contributed by atoms with Gasteiger partial charge in [0.1, 0.15) is 11.6 Å². The average molecular weight is 571 g/mol. The molecule has 1 atom stereocenters. The van der Waals surface area contributed by atoms with Crippen molar-refractivity contribution >= 4 is 35.6 Å². The second-order valence-electron chi connectivity index (χ2n) is 8.25. The number of nitrogens with zero attached hydrogens (tertiary/aromatic N) is 3. The van der Waals surface area contributed by atoms with Crippen LogP contribution in [0.2, 0.25) is 0 Å². The second kappa shape index (κ2) is 12.5. The van der Waals surface area contributed by atoms with Crippen LogP contribution in [0.5, 0.6) is 0 Å². The van der Waals surface area contributed by atoms with Gasteiger partial charge in [0.15, 0.2) is 5.96 Å². The van der Waals surface area contributed by atoms with Crippen molar-refractivity contribution in [2.24, 2.45) is 4.99 Å². The van der Waals surface area contributed by atoms with E-state index in [0.29, 0.717) is 25.3 Å². The standard InChI is InChI=1S/C24H31F2N5O.HI/c1-27-24(29-21-8-9-31(17-21)23-7-6-20(25)14-22(23)26)28-15-18-4-2-3-5-19(18)16-30-10-12-32-13-11-30;/h2-7,14,21H,8-13,15-17H2,1H3,(H2,27,28,29);1H. The third-order valence-corrected chi connectivity index (χ3v) is 6.07. The van der Waals surface area contributed by atoms with Gasteiger partial charge in [-0.25, -0.2) is 8.78 Å². The van der Waals surface area contributed by atoms with E-state index in [2.05, 4.69) is 44.8 Å². The fourth-order valence-electron chi connectivity index (χ4n) is 4.29. The highest BCUT2D eigenvalue weighted by Crippen LogP contribution is 2.24. The smallest absolute Gasteiger partial charge is 0.191 e. The lowest BCUT2D eigenvalue weighted by Gasteiger charge is -2.27. The van der Waals surface area contributed by atoms with E-state index in [0.717, 1.165) is 51.3 Å². The van der Waals surface area contributed by atoms with Crippen LogP contribution in [0.3, 0.4) is 0 Å². The number of anilines is 1. The SMILES string of the molecule is CN=C(NCc1ccccc1CN1CCOCC1)NC1CCN(c2ccc(F)cc2F)C1.I. The van der Waals surface area contributed by atoms with Crippen molar-refractivity contribution in [3.8, 4) is 0 Å². The second-order valence-corrected chi connectivity index (χ2v) is 8.25. The quantitative estimate of drug-likeness (QED) is 0.317. The molecule has 0 spiro atoms. The van der Waals surface area contributed by atoms with Crippen molar-refractivity contribution < 1.29 is 13.5 Å². The number of guanidine groups is 1. The van der Waals surface area contributed by atoms with Crippen LogP contribution in [0, 0.1) is 11.6 Å². The highest BCUT2D eigenvalue weighted by atomic mass is 127. The van der Waals surface area contributed by atoms with Crippen LogP contribution in [-0.4, -0.2) is 63.3 Å². The number of aliphatic imine (C=N–C) groups is 1. The van der Waals surface area contributed by atoms with Crippen LogP contribution in [-0.2, 0) is 17.8 Å². The first-order valence-electron chi connectivity index (χ1n) is 11.2. The van der Waals surface area contributed by atoms with Crippen molar-refractivity contribution in [2.45, 2.75) is 25.6 Å². The van der Waals surface area contributed by atoms with Crippen LogP contribution in [0.25, 0.3) is 0 Å². The van der Waals surface area contributed by atoms with E-state index in [-0.39, 0.29) is 30.0 Å². The molecule has 2 fully saturated rings. The Balaban J connectivity index is 0.00000306. The maximum Gasteiger partial charge on any atom is 0.191 e. The largest absolute Gasteiger partial charge is 0.379 e. The van der Waals surface area contributed by atoms with Gasteiger partial charge >= 0.3 is 0 Å². The summed E-state index contributed by atoms with van der Waals surface area (Å²) in [5.74, 6) is -0.360. The number of ether oxygens (including phenoxy) is 1. The Kier molecular flexibility index (Phi) is 9.69. The van der Waals surface area contributed by atoms with Crippen molar-refractivity contribution in [3.05, 3.63) is 65.2 Å². The van der Waals surface area contributed by atoms with E-state index >= 15 is 0 Å². The molecule has 2 saturated heterocycles. The van der Waals surface area contributed by atoms with Gasteiger partial charge in [-0.05, 0) is 29.7 Å².